The SMILES string of the molecule is NC(=O)NC(=O)CS(=O)c1ccc(N)cc1. The average molecular weight is 241 g/mol. The maximum absolute atomic E-state index is 11.6. The third-order valence-corrected chi connectivity index (χ3v) is 2.99. The van der Waals surface area contributed by atoms with E-state index in [2.05, 4.69) is 0 Å². The van der Waals surface area contributed by atoms with Crippen molar-refractivity contribution < 1.29 is 13.8 Å². The van der Waals surface area contributed by atoms with Gasteiger partial charge in [-0.1, -0.05) is 0 Å². The molecule has 1 aromatic carbocycles. The zero-order chi connectivity index (χ0) is 12.1. The van der Waals surface area contributed by atoms with E-state index in [1.807, 2.05) is 5.32 Å². The second kappa shape index (κ2) is 5.26. The summed E-state index contributed by atoms with van der Waals surface area (Å²) in [5.41, 5.74) is 10.7. The van der Waals surface area contributed by atoms with Gasteiger partial charge < -0.3 is 11.5 Å². The Morgan fingerprint density at radius 3 is 2.31 bits per heavy atom. The largest absolute Gasteiger partial charge is 0.399 e. The highest BCUT2D eigenvalue weighted by atomic mass is 32.2. The molecule has 0 saturated carbocycles. The third kappa shape index (κ3) is 3.70. The summed E-state index contributed by atoms with van der Waals surface area (Å²) < 4.78 is 11.6. The molecule has 0 saturated heterocycles. The molecule has 0 aliphatic rings. The fourth-order valence-electron chi connectivity index (χ4n) is 0.996. The van der Waals surface area contributed by atoms with Crippen LogP contribution in [0.2, 0.25) is 0 Å². The van der Waals surface area contributed by atoms with E-state index < -0.39 is 22.7 Å². The number of primary amides is 1. The lowest BCUT2D eigenvalue weighted by atomic mass is 10.3. The van der Waals surface area contributed by atoms with Gasteiger partial charge in [-0.15, -0.1) is 0 Å². The van der Waals surface area contributed by atoms with Crippen LogP contribution in [0, 0.1) is 0 Å². The van der Waals surface area contributed by atoms with Crippen LogP contribution in [-0.4, -0.2) is 21.9 Å². The van der Waals surface area contributed by atoms with Gasteiger partial charge in [0.1, 0.15) is 5.75 Å². The molecule has 0 spiro atoms. The predicted octanol–water partition coefficient (Wildman–Crippen LogP) is -0.429. The molecule has 3 amide bonds. The number of carbonyl (C=O) groups is 2. The van der Waals surface area contributed by atoms with Crippen LogP contribution < -0.4 is 16.8 Å². The molecule has 6 nitrogen and oxygen atoms in total. The summed E-state index contributed by atoms with van der Waals surface area (Å²) in [6.07, 6.45) is 0. The number of nitrogens with two attached hydrogens (primary N) is 2. The van der Waals surface area contributed by atoms with Crippen molar-refractivity contribution >= 4 is 28.4 Å². The van der Waals surface area contributed by atoms with E-state index in [0.717, 1.165) is 0 Å². The molecule has 1 aromatic rings. The summed E-state index contributed by atoms with van der Waals surface area (Å²) in [5.74, 6) is -0.991. The van der Waals surface area contributed by atoms with Crippen LogP contribution in [0.25, 0.3) is 0 Å². The summed E-state index contributed by atoms with van der Waals surface area (Å²) in [5, 5.41) is 1.84. The Labute approximate surface area is 94.5 Å². The summed E-state index contributed by atoms with van der Waals surface area (Å²) in [6, 6.07) is 5.32. The second-order valence-electron chi connectivity index (χ2n) is 2.97. The summed E-state index contributed by atoms with van der Waals surface area (Å²) in [6.45, 7) is 0. The first kappa shape index (κ1) is 12.2. The number of hydrogen-bond acceptors (Lipinski definition) is 4. The number of nitrogens with one attached hydrogen (secondary N) is 1. The Morgan fingerprint density at radius 2 is 1.81 bits per heavy atom. The maximum Gasteiger partial charge on any atom is 0.318 e. The van der Waals surface area contributed by atoms with Crippen molar-refractivity contribution in [2.75, 3.05) is 11.5 Å². The van der Waals surface area contributed by atoms with E-state index >= 15 is 0 Å². The van der Waals surface area contributed by atoms with Crippen LogP contribution in [0.3, 0.4) is 0 Å². The van der Waals surface area contributed by atoms with Crippen LogP contribution in [0.15, 0.2) is 29.2 Å². The number of nitrogen functional groups attached to an aromatic ring is 1. The van der Waals surface area contributed by atoms with Crippen LogP contribution >= 0.6 is 0 Å². The van der Waals surface area contributed by atoms with Gasteiger partial charge in [0.2, 0.25) is 5.91 Å². The Kier molecular flexibility index (Phi) is 4.01. The lowest BCUT2D eigenvalue weighted by Crippen LogP contribution is -2.37. The maximum atomic E-state index is 11.6. The zero-order valence-corrected chi connectivity index (χ0v) is 9.12. The molecule has 1 atom stereocenters. The van der Waals surface area contributed by atoms with Gasteiger partial charge >= 0.3 is 6.03 Å². The number of anilines is 1. The van der Waals surface area contributed by atoms with Crippen LogP contribution in [0.4, 0.5) is 10.5 Å². The predicted molar refractivity (Wildman–Crippen MR) is 59.9 cm³/mol. The molecule has 0 bridgehead atoms. The topological polar surface area (TPSA) is 115 Å². The number of imide groups is 1. The molecule has 0 aromatic heterocycles. The van der Waals surface area contributed by atoms with Gasteiger partial charge in [-0.25, -0.2) is 4.79 Å². The van der Waals surface area contributed by atoms with Gasteiger partial charge in [0, 0.05) is 10.6 Å². The molecule has 86 valence electrons. The van der Waals surface area contributed by atoms with E-state index in [-0.39, 0.29) is 5.75 Å². The van der Waals surface area contributed by atoms with Crippen molar-refractivity contribution in [1.29, 1.82) is 0 Å². The summed E-state index contributed by atoms with van der Waals surface area (Å²) in [7, 11) is -1.51. The van der Waals surface area contributed by atoms with Crippen molar-refractivity contribution in [1.82, 2.24) is 5.32 Å². The second-order valence-corrected chi connectivity index (χ2v) is 4.42. The van der Waals surface area contributed by atoms with Gasteiger partial charge in [-0.2, -0.15) is 0 Å². The number of carbonyl (C=O) groups excluding carboxylic acids is 2. The first-order chi connectivity index (χ1) is 7.49. The van der Waals surface area contributed by atoms with E-state index in [4.69, 9.17) is 11.5 Å². The minimum Gasteiger partial charge on any atom is -0.399 e. The van der Waals surface area contributed by atoms with E-state index in [9.17, 15) is 13.8 Å². The lowest BCUT2D eigenvalue weighted by Gasteiger charge is -2.02. The highest BCUT2D eigenvalue weighted by Gasteiger charge is 2.11. The normalized spacial score (nSPS) is 11.8. The molecule has 1 unspecified atom stereocenters. The number of benzene rings is 1. The van der Waals surface area contributed by atoms with Crippen molar-refractivity contribution in [3.63, 3.8) is 0 Å². The molecule has 5 N–H and O–H groups in total. The van der Waals surface area contributed by atoms with Crippen molar-refractivity contribution in [2.45, 2.75) is 4.90 Å². The minimum absolute atomic E-state index is 0.313. The quantitative estimate of drug-likeness (QED) is 0.623. The Hall–Kier alpha value is -1.89. The highest BCUT2D eigenvalue weighted by molar-refractivity contribution is 7.85. The first-order valence-corrected chi connectivity index (χ1v) is 5.64. The molecule has 0 fully saturated rings. The van der Waals surface area contributed by atoms with Gasteiger partial charge in [0.05, 0.1) is 10.8 Å². The van der Waals surface area contributed by atoms with Gasteiger partial charge in [0.15, 0.2) is 0 Å². The van der Waals surface area contributed by atoms with E-state index in [0.29, 0.717) is 10.6 Å². The highest BCUT2D eigenvalue weighted by Crippen LogP contribution is 2.09. The van der Waals surface area contributed by atoms with Crippen molar-refractivity contribution in [3.8, 4) is 0 Å². The molecule has 16 heavy (non-hydrogen) atoms. The lowest BCUT2D eigenvalue weighted by molar-refractivity contribution is -0.117. The van der Waals surface area contributed by atoms with E-state index in [1.54, 1.807) is 24.3 Å². The number of hydrogen-bond donors (Lipinski definition) is 3. The first-order valence-electron chi connectivity index (χ1n) is 4.32. The Bertz CT molecular complexity index is 430. The average Bonchev–Trinajstić information content (AvgIpc) is 2.16. The zero-order valence-electron chi connectivity index (χ0n) is 8.30. The van der Waals surface area contributed by atoms with Crippen LogP contribution in [0.5, 0.6) is 0 Å². The molecule has 0 radical (unpaired) electrons. The fourth-order valence-corrected chi connectivity index (χ4v) is 1.91. The molecule has 0 aliphatic carbocycles. The molecular formula is C9H11N3O3S. The molecular weight excluding hydrogens is 230 g/mol. The molecule has 7 heteroatoms. The van der Waals surface area contributed by atoms with Gasteiger partial charge in [-0.05, 0) is 24.3 Å². The third-order valence-electron chi connectivity index (χ3n) is 1.67. The fraction of sp³-hybridized carbons (Fsp3) is 0.111. The number of urea groups is 1. The Balaban J connectivity index is 2.62. The summed E-state index contributed by atoms with van der Waals surface area (Å²) >= 11 is 0. The van der Waals surface area contributed by atoms with Gasteiger partial charge in [-0.3, -0.25) is 14.3 Å². The van der Waals surface area contributed by atoms with Crippen molar-refractivity contribution in [2.24, 2.45) is 5.73 Å². The minimum atomic E-state index is -1.51. The van der Waals surface area contributed by atoms with Crippen LogP contribution in [-0.2, 0) is 15.6 Å². The molecule has 1 rings (SSSR count). The van der Waals surface area contributed by atoms with Gasteiger partial charge in [0.25, 0.3) is 0 Å². The molecule has 0 heterocycles. The summed E-state index contributed by atoms with van der Waals surface area (Å²) in [4.78, 5) is 21.9. The number of amides is 3. The monoisotopic (exact) mass is 241 g/mol. The number of rotatable bonds is 3. The smallest absolute Gasteiger partial charge is 0.318 e. The molecule has 0 aliphatic heterocycles. The van der Waals surface area contributed by atoms with Crippen LogP contribution in [0.1, 0.15) is 0 Å². The van der Waals surface area contributed by atoms with Crippen molar-refractivity contribution in [3.05, 3.63) is 24.3 Å². The van der Waals surface area contributed by atoms with E-state index in [1.165, 1.54) is 0 Å². The Morgan fingerprint density at radius 1 is 1.25 bits per heavy atom. The standard InChI is InChI=1S/C9H11N3O3S/c10-6-1-3-7(4-2-6)16(15)5-8(13)12-9(11)14/h1-4H,5,10H2,(H3,11,12,13,14).